The highest BCUT2D eigenvalue weighted by Gasteiger charge is 2.16. The minimum absolute atomic E-state index is 0.00170. The molecule has 2 aromatic rings. The fourth-order valence-electron chi connectivity index (χ4n) is 1.87. The summed E-state index contributed by atoms with van der Waals surface area (Å²) in [7, 11) is 0. The molecular formula is C16H15FN2O3S. The molecule has 7 heteroatoms. The lowest BCUT2D eigenvalue weighted by atomic mass is 10.2. The van der Waals surface area contributed by atoms with Crippen molar-refractivity contribution in [2.75, 3.05) is 5.32 Å². The van der Waals surface area contributed by atoms with Crippen molar-refractivity contribution in [1.29, 1.82) is 0 Å². The van der Waals surface area contributed by atoms with Crippen LogP contribution in [0.5, 0.6) is 0 Å². The number of hydrogen-bond acceptors (Lipinski definition) is 4. The van der Waals surface area contributed by atoms with E-state index < -0.39 is 16.0 Å². The van der Waals surface area contributed by atoms with Crippen LogP contribution >= 0.6 is 11.8 Å². The first-order valence-corrected chi connectivity index (χ1v) is 7.73. The lowest BCUT2D eigenvalue weighted by molar-refractivity contribution is -0.384. The molecule has 0 unspecified atom stereocenters. The lowest BCUT2D eigenvalue weighted by Gasteiger charge is -2.13. The number of nitro groups is 1. The van der Waals surface area contributed by atoms with Crippen LogP contribution in [0.15, 0.2) is 47.4 Å². The molecule has 0 spiro atoms. The van der Waals surface area contributed by atoms with Gasteiger partial charge >= 0.3 is 0 Å². The normalized spacial score (nSPS) is 11.8. The number of non-ortho nitro benzene ring substituents is 1. The SMILES string of the molecule is Cc1ccc(F)cc1NC(=O)[C@@H](C)Sc1ccc([N+](=O)[O-])cc1. The molecule has 0 aliphatic heterocycles. The molecule has 5 nitrogen and oxygen atoms in total. The summed E-state index contributed by atoms with van der Waals surface area (Å²) >= 11 is 1.27. The van der Waals surface area contributed by atoms with Gasteiger partial charge < -0.3 is 5.32 Å². The molecule has 0 aromatic heterocycles. The predicted molar refractivity (Wildman–Crippen MR) is 88.2 cm³/mol. The van der Waals surface area contributed by atoms with Crippen molar-refractivity contribution in [2.24, 2.45) is 0 Å². The van der Waals surface area contributed by atoms with Crippen LogP contribution in [-0.4, -0.2) is 16.1 Å². The molecule has 2 rings (SSSR count). The van der Waals surface area contributed by atoms with Gasteiger partial charge in [0.15, 0.2) is 0 Å². The minimum Gasteiger partial charge on any atom is -0.325 e. The van der Waals surface area contributed by atoms with Crippen molar-refractivity contribution in [2.45, 2.75) is 24.0 Å². The van der Waals surface area contributed by atoms with Crippen molar-refractivity contribution in [3.8, 4) is 0 Å². The van der Waals surface area contributed by atoms with Gasteiger partial charge in [0.25, 0.3) is 5.69 Å². The van der Waals surface area contributed by atoms with Crippen LogP contribution in [0.1, 0.15) is 12.5 Å². The fourth-order valence-corrected chi connectivity index (χ4v) is 2.73. The lowest BCUT2D eigenvalue weighted by Crippen LogP contribution is -2.22. The second-order valence-corrected chi connectivity index (χ2v) is 6.37. The van der Waals surface area contributed by atoms with Gasteiger partial charge in [0, 0.05) is 22.7 Å². The van der Waals surface area contributed by atoms with Gasteiger partial charge in [-0.1, -0.05) is 6.07 Å². The number of nitrogens with one attached hydrogen (secondary N) is 1. The highest BCUT2D eigenvalue weighted by molar-refractivity contribution is 8.00. The highest BCUT2D eigenvalue weighted by Crippen LogP contribution is 2.26. The van der Waals surface area contributed by atoms with Gasteiger partial charge in [0.05, 0.1) is 10.2 Å². The summed E-state index contributed by atoms with van der Waals surface area (Å²) in [6.45, 7) is 3.50. The molecule has 0 saturated heterocycles. The van der Waals surface area contributed by atoms with E-state index in [1.165, 1.54) is 36.0 Å². The maximum atomic E-state index is 13.2. The third kappa shape index (κ3) is 4.53. The van der Waals surface area contributed by atoms with Gasteiger partial charge in [0.1, 0.15) is 5.82 Å². The monoisotopic (exact) mass is 334 g/mol. The van der Waals surface area contributed by atoms with Crippen molar-refractivity contribution >= 4 is 29.0 Å². The summed E-state index contributed by atoms with van der Waals surface area (Å²) in [5, 5.41) is 12.9. The number of carbonyl (C=O) groups is 1. The van der Waals surface area contributed by atoms with Crippen LogP contribution in [-0.2, 0) is 4.79 Å². The molecule has 1 amide bonds. The Balaban J connectivity index is 2.02. The molecule has 0 radical (unpaired) electrons. The average molecular weight is 334 g/mol. The number of rotatable bonds is 5. The molecule has 23 heavy (non-hydrogen) atoms. The van der Waals surface area contributed by atoms with E-state index in [1.807, 2.05) is 0 Å². The van der Waals surface area contributed by atoms with Crippen molar-refractivity contribution in [3.63, 3.8) is 0 Å². The summed E-state index contributed by atoms with van der Waals surface area (Å²) in [5.41, 5.74) is 1.21. The largest absolute Gasteiger partial charge is 0.325 e. The van der Waals surface area contributed by atoms with Gasteiger partial charge in [-0.3, -0.25) is 14.9 Å². The van der Waals surface area contributed by atoms with Gasteiger partial charge in [-0.25, -0.2) is 4.39 Å². The van der Waals surface area contributed by atoms with Crippen LogP contribution in [0, 0.1) is 22.9 Å². The van der Waals surface area contributed by atoms with E-state index >= 15 is 0 Å². The zero-order valence-corrected chi connectivity index (χ0v) is 13.4. The Kier molecular flexibility index (Phi) is 5.33. The Labute approximate surface area is 137 Å². The first-order chi connectivity index (χ1) is 10.9. The molecule has 0 fully saturated rings. The molecule has 1 atom stereocenters. The number of aryl methyl sites for hydroxylation is 1. The smallest absolute Gasteiger partial charge is 0.269 e. The first kappa shape index (κ1) is 17.0. The van der Waals surface area contributed by atoms with E-state index in [4.69, 9.17) is 0 Å². The number of thioether (sulfide) groups is 1. The maximum absolute atomic E-state index is 13.2. The minimum atomic E-state index is -0.475. The molecule has 1 N–H and O–H groups in total. The number of nitro benzene ring substituents is 1. The molecule has 0 bridgehead atoms. The summed E-state index contributed by atoms with van der Waals surface area (Å²) < 4.78 is 13.2. The molecule has 0 heterocycles. The van der Waals surface area contributed by atoms with Gasteiger partial charge in [-0.05, 0) is 43.7 Å². The number of amides is 1. The van der Waals surface area contributed by atoms with Gasteiger partial charge in [-0.15, -0.1) is 11.8 Å². The molecule has 2 aromatic carbocycles. The Hall–Kier alpha value is -2.41. The number of carbonyl (C=O) groups excluding carboxylic acids is 1. The van der Waals surface area contributed by atoms with E-state index in [0.717, 1.165) is 10.5 Å². The molecule has 0 aliphatic carbocycles. The number of halogens is 1. The van der Waals surface area contributed by atoms with Crippen molar-refractivity contribution < 1.29 is 14.1 Å². The summed E-state index contributed by atoms with van der Waals surface area (Å²) in [6, 6.07) is 10.2. The van der Waals surface area contributed by atoms with E-state index in [-0.39, 0.29) is 11.6 Å². The van der Waals surface area contributed by atoms with Crippen LogP contribution in [0.4, 0.5) is 15.8 Å². The molecule has 120 valence electrons. The maximum Gasteiger partial charge on any atom is 0.269 e. The van der Waals surface area contributed by atoms with E-state index in [0.29, 0.717) is 5.69 Å². The van der Waals surface area contributed by atoms with Crippen LogP contribution in [0.2, 0.25) is 0 Å². The topological polar surface area (TPSA) is 72.2 Å². The van der Waals surface area contributed by atoms with Crippen LogP contribution in [0.3, 0.4) is 0 Å². The Morgan fingerprint density at radius 1 is 1.26 bits per heavy atom. The zero-order chi connectivity index (χ0) is 17.0. The van der Waals surface area contributed by atoms with Crippen molar-refractivity contribution in [1.82, 2.24) is 0 Å². The average Bonchev–Trinajstić information content (AvgIpc) is 2.51. The van der Waals surface area contributed by atoms with Gasteiger partial charge in [0.2, 0.25) is 5.91 Å². The zero-order valence-electron chi connectivity index (χ0n) is 12.6. The number of hydrogen-bond donors (Lipinski definition) is 1. The van der Waals surface area contributed by atoms with Crippen LogP contribution < -0.4 is 5.32 Å². The third-order valence-corrected chi connectivity index (χ3v) is 4.30. The van der Waals surface area contributed by atoms with E-state index in [1.54, 1.807) is 32.0 Å². The second-order valence-electron chi connectivity index (χ2n) is 4.96. The Morgan fingerprint density at radius 3 is 2.52 bits per heavy atom. The standard InChI is InChI=1S/C16H15FN2O3S/c1-10-3-4-12(17)9-15(10)18-16(20)11(2)23-14-7-5-13(6-8-14)19(21)22/h3-9,11H,1-2H3,(H,18,20)/t11-/m1/s1. The van der Waals surface area contributed by atoms with E-state index in [9.17, 15) is 19.3 Å². The number of anilines is 1. The van der Waals surface area contributed by atoms with Crippen LogP contribution in [0.25, 0.3) is 0 Å². The van der Waals surface area contributed by atoms with Gasteiger partial charge in [-0.2, -0.15) is 0 Å². The first-order valence-electron chi connectivity index (χ1n) is 6.85. The fraction of sp³-hybridized carbons (Fsp3) is 0.188. The third-order valence-electron chi connectivity index (χ3n) is 3.19. The second kappa shape index (κ2) is 7.23. The quantitative estimate of drug-likeness (QED) is 0.506. The number of nitrogens with zero attached hydrogens (tertiary/aromatic N) is 1. The molecular weight excluding hydrogens is 319 g/mol. The summed E-state index contributed by atoms with van der Waals surface area (Å²) in [6.07, 6.45) is 0. The summed E-state index contributed by atoms with van der Waals surface area (Å²) in [5.74, 6) is -0.677. The van der Waals surface area contributed by atoms with Crippen molar-refractivity contribution in [3.05, 3.63) is 64.0 Å². The van der Waals surface area contributed by atoms with E-state index in [2.05, 4.69) is 5.32 Å². The number of benzene rings is 2. The summed E-state index contributed by atoms with van der Waals surface area (Å²) in [4.78, 5) is 23.1. The molecule has 0 aliphatic rings. The Bertz CT molecular complexity index is 735. The predicted octanol–water partition coefficient (Wildman–Crippen LogP) is 4.16. The molecule has 0 saturated carbocycles. The Morgan fingerprint density at radius 2 is 1.91 bits per heavy atom. The highest BCUT2D eigenvalue weighted by atomic mass is 32.2.